The van der Waals surface area contributed by atoms with E-state index in [0.717, 1.165) is 30.4 Å². The lowest BCUT2D eigenvalue weighted by Crippen LogP contribution is -2.42. The first-order valence-corrected chi connectivity index (χ1v) is 5.98. The molecule has 1 aromatic rings. The largest absolute Gasteiger partial charge is 0.385 e. The standard InChI is InChI=1S/C14H16O2/c1-14(16)11-7-3-2-5-9(11)13(15)10-6-4-8-12(10)14/h2-3,5,7,10,12,16H,4,6,8H2,1H3/t10-,12+,14+/m0/s1. The summed E-state index contributed by atoms with van der Waals surface area (Å²) in [5.41, 5.74) is 0.727. The number of benzene rings is 1. The molecule has 0 saturated heterocycles. The number of hydrogen-bond donors (Lipinski definition) is 1. The summed E-state index contributed by atoms with van der Waals surface area (Å²) in [6.45, 7) is 1.86. The van der Waals surface area contributed by atoms with Crippen LogP contribution in [0.1, 0.15) is 42.1 Å². The molecule has 3 atom stereocenters. The summed E-state index contributed by atoms with van der Waals surface area (Å²) in [6, 6.07) is 7.51. The van der Waals surface area contributed by atoms with Gasteiger partial charge >= 0.3 is 0 Å². The zero-order valence-corrected chi connectivity index (χ0v) is 9.44. The fourth-order valence-corrected chi connectivity index (χ4v) is 3.49. The Morgan fingerprint density at radius 1 is 1.31 bits per heavy atom. The van der Waals surface area contributed by atoms with Crippen molar-refractivity contribution in [3.05, 3.63) is 35.4 Å². The van der Waals surface area contributed by atoms with E-state index >= 15 is 0 Å². The smallest absolute Gasteiger partial charge is 0.166 e. The van der Waals surface area contributed by atoms with Gasteiger partial charge in [0, 0.05) is 17.4 Å². The quantitative estimate of drug-likeness (QED) is 0.723. The molecule has 1 fully saturated rings. The highest BCUT2D eigenvalue weighted by atomic mass is 16.3. The summed E-state index contributed by atoms with van der Waals surface area (Å²) in [5.74, 6) is 0.407. The minimum Gasteiger partial charge on any atom is -0.385 e. The summed E-state index contributed by atoms with van der Waals surface area (Å²) in [6.07, 6.45) is 2.97. The van der Waals surface area contributed by atoms with E-state index < -0.39 is 5.60 Å². The van der Waals surface area contributed by atoms with Gasteiger partial charge in [0.25, 0.3) is 0 Å². The molecule has 0 aromatic heterocycles. The molecule has 2 aliphatic carbocycles. The van der Waals surface area contributed by atoms with E-state index in [1.807, 2.05) is 31.2 Å². The van der Waals surface area contributed by atoms with Crippen LogP contribution in [-0.4, -0.2) is 10.9 Å². The predicted octanol–water partition coefficient (Wildman–Crippen LogP) is 2.51. The Balaban J connectivity index is 2.21. The minimum absolute atomic E-state index is 0.0462. The zero-order chi connectivity index (χ0) is 11.3. The lowest BCUT2D eigenvalue weighted by Gasteiger charge is -2.39. The van der Waals surface area contributed by atoms with Crippen molar-refractivity contribution in [1.29, 1.82) is 0 Å². The van der Waals surface area contributed by atoms with Gasteiger partial charge in [-0.15, -0.1) is 0 Å². The first-order chi connectivity index (χ1) is 7.62. The maximum atomic E-state index is 12.3. The molecule has 0 spiro atoms. The van der Waals surface area contributed by atoms with Gasteiger partial charge in [-0.1, -0.05) is 30.7 Å². The molecule has 84 valence electrons. The fraction of sp³-hybridized carbons (Fsp3) is 0.500. The van der Waals surface area contributed by atoms with E-state index in [0.29, 0.717) is 0 Å². The molecule has 0 aliphatic heterocycles. The Kier molecular flexibility index (Phi) is 1.99. The highest BCUT2D eigenvalue weighted by Gasteiger charge is 2.50. The summed E-state index contributed by atoms with van der Waals surface area (Å²) in [5, 5.41) is 10.7. The highest BCUT2D eigenvalue weighted by Crippen LogP contribution is 2.49. The van der Waals surface area contributed by atoms with Crippen molar-refractivity contribution < 1.29 is 9.90 Å². The molecule has 1 aromatic carbocycles. The number of ketones is 1. The molecule has 0 bridgehead atoms. The van der Waals surface area contributed by atoms with Crippen molar-refractivity contribution in [2.24, 2.45) is 11.8 Å². The summed E-state index contributed by atoms with van der Waals surface area (Å²) in [4.78, 5) is 12.3. The molecule has 3 rings (SSSR count). The molecule has 1 saturated carbocycles. The predicted molar refractivity (Wildman–Crippen MR) is 61.2 cm³/mol. The normalized spacial score (nSPS) is 37.0. The number of carbonyl (C=O) groups is 1. The molecular formula is C14H16O2. The molecule has 2 aliphatic rings. The number of aliphatic hydroxyl groups is 1. The average molecular weight is 216 g/mol. The number of Topliss-reactive ketones (excluding diaryl/α,β-unsaturated/α-hetero) is 1. The molecule has 0 radical (unpaired) electrons. The maximum Gasteiger partial charge on any atom is 0.166 e. The van der Waals surface area contributed by atoms with Crippen molar-refractivity contribution >= 4 is 5.78 Å². The monoisotopic (exact) mass is 216 g/mol. The third-order valence-corrected chi connectivity index (χ3v) is 4.31. The van der Waals surface area contributed by atoms with Gasteiger partial charge in [-0.3, -0.25) is 4.79 Å². The molecule has 16 heavy (non-hydrogen) atoms. The SMILES string of the molecule is C[C@@]1(O)c2ccccc2C(=O)[C@H]2CCC[C@H]21. The van der Waals surface area contributed by atoms with Gasteiger partial charge < -0.3 is 5.11 Å². The Labute approximate surface area is 95.3 Å². The van der Waals surface area contributed by atoms with Gasteiger partial charge in [0.15, 0.2) is 5.78 Å². The van der Waals surface area contributed by atoms with E-state index in [1.165, 1.54) is 0 Å². The van der Waals surface area contributed by atoms with Crippen LogP contribution in [0.3, 0.4) is 0 Å². The van der Waals surface area contributed by atoms with Crippen LogP contribution in [0.4, 0.5) is 0 Å². The number of carbonyl (C=O) groups excluding carboxylic acids is 1. The van der Waals surface area contributed by atoms with Crippen molar-refractivity contribution in [3.8, 4) is 0 Å². The molecule has 0 heterocycles. The molecule has 0 amide bonds. The number of rotatable bonds is 0. The zero-order valence-electron chi connectivity index (χ0n) is 9.44. The second-order valence-corrected chi connectivity index (χ2v) is 5.20. The van der Waals surface area contributed by atoms with Gasteiger partial charge in [-0.2, -0.15) is 0 Å². The summed E-state index contributed by atoms with van der Waals surface area (Å²) >= 11 is 0. The minimum atomic E-state index is -0.828. The van der Waals surface area contributed by atoms with Crippen LogP contribution in [-0.2, 0) is 5.60 Å². The molecule has 1 N–H and O–H groups in total. The Morgan fingerprint density at radius 2 is 2.06 bits per heavy atom. The van der Waals surface area contributed by atoms with E-state index in [9.17, 15) is 9.90 Å². The van der Waals surface area contributed by atoms with Crippen LogP contribution in [0.25, 0.3) is 0 Å². The molecule has 2 heteroatoms. The van der Waals surface area contributed by atoms with Crippen LogP contribution in [0, 0.1) is 11.8 Å². The van der Waals surface area contributed by atoms with E-state index in [4.69, 9.17) is 0 Å². The van der Waals surface area contributed by atoms with Crippen LogP contribution in [0.2, 0.25) is 0 Å². The Bertz CT molecular complexity index is 448. The summed E-state index contributed by atoms with van der Waals surface area (Å²) < 4.78 is 0. The van der Waals surface area contributed by atoms with E-state index in [-0.39, 0.29) is 17.6 Å². The van der Waals surface area contributed by atoms with E-state index in [2.05, 4.69) is 0 Å². The second-order valence-electron chi connectivity index (χ2n) is 5.20. The lowest BCUT2D eigenvalue weighted by atomic mass is 9.68. The first-order valence-electron chi connectivity index (χ1n) is 5.98. The topological polar surface area (TPSA) is 37.3 Å². The second kappa shape index (κ2) is 3.17. The van der Waals surface area contributed by atoms with Gasteiger partial charge in [0.1, 0.15) is 0 Å². The molecule has 2 nitrogen and oxygen atoms in total. The van der Waals surface area contributed by atoms with Crippen LogP contribution in [0.5, 0.6) is 0 Å². The van der Waals surface area contributed by atoms with Crippen molar-refractivity contribution in [3.63, 3.8) is 0 Å². The number of fused-ring (bicyclic) bond motifs is 2. The Morgan fingerprint density at radius 3 is 2.88 bits per heavy atom. The van der Waals surface area contributed by atoms with Gasteiger partial charge in [-0.25, -0.2) is 0 Å². The van der Waals surface area contributed by atoms with Crippen LogP contribution in [0.15, 0.2) is 24.3 Å². The third-order valence-electron chi connectivity index (χ3n) is 4.31. The van der Waals surface area contributed by atoms with Gasteiger partial charge in [0.2, 0.25) is 0 Å². The molecular weight excluding hydrogens is 200 g/mol. The van der Waals surface area contributed by atoms with Crippen molar-refractivity contribution in [1.82, 2.24) is 0 Å². The lowest BCUT2D eigenvalue weighted by molar-refractivity contribution is -0.0258. The van der Waals surface area contributed by atoms with Crippen LogP contribution >= 0.6 is 0 Å². The number of hydrogen-bond acceptors (Lipinski definition) is 2. The fourth-order valence-electron chi connectivity index (χ4n) is 3.49. The summed E-state index contributed by atoms with van der Waals surface area (Å²) in [7, 11) is 0. The maximum absolute atomic E-state index is 12.3. The van der Waals surface area contributed by atoms with Crippen LogP contribution < -0.4 is 0 Å². The highest BCUT2D eigenvalue weighted by molar-refractivity contribution is 6.01. The first kappa shape index (κ1) is 10.0. The van der Waals surface area contributed by atoms with E-state index in [1.54, 1.807) is 0 Å². The van der Waals surface area contributed by atoms with Crippen molar-refractivity contribution in [2.75, 3.05) is 0 Å². The van der Waals surface area contributed by atoms with Gasteiger partial charge in [0.05, 0.1) is 5.60 Å². The molecule has 0 unspecified atom stereocenters. The Hall–Kier alpha value is -1.15. The average Bonchev–Trinajstić information content (AvgIpc) is 2.76. The van der Waals surface area contributed by atoms with Gasteiger partial charge in [-0.05, 0) is 25.3 Å². The van der Waals surface area contributed by atoms with Crippen molar-refractivity contribution in [2.45, 2.75) is 31.8 Å². The third kappa shape index (κ3) is 1.14.